The minimum absolute atomic E-state index is 0.229. The highest BCUT2D eigenvalue weighted by atomic mass is 16.3. The van der Waals surface area contributed by atoms with Gasteiger partial charge in [0.05, 0.1) is 18.3 Å². The van der Waals surface area contributed by atoms with Crippen LogP contribution < -0.4 is 0 Å². The smallest absolute Gasteiger partial charge is 0.0777 e. The van der Waals surface area contributed by atoms with E-state index in [1.807, 2.05) is 0 Å². The largest absolute Gasteiger partial charge is 0.393 e. The Labute approximate surface area is 181 Å². The molecule has 0 amide bonds. The number of rotatable bonds is 4. The zero-order chi connectivity index (χ0) is 20.8. The van der Waals surface area contributed by atoms with E-state index in [0.29, 0.717) is 35.0 Å². The van der Waals surface area contributed by atoms with Crippen LogP contribution in [0.2, 0.25) is 0 Å². The van der Waals surface area contributed by atoms with Crippen LogP contribution in [-0.2, 0) is 0 Å². The average molecular weight is 413 g/mol. The van der Waals surface area contributed by atoms with E-state index < -0.39 is 0 Å². The minimum atomic E-state index is -0.386. The van der Waals surface area contributed by atoms with Crippen molar-refractivity contribution in [2.24, 2.45) is 46.3 Å². The van der Waals surface area contributed by atoms with E-state index in [0.717, 1.165) is 30.6 Å². The van der Waals surface area contributed by atoms with E-state index >= 15 is 0 Å². The van der Waals surface area contributed by atoms with Gasteiger partial charge in [-0.3, -0.25) is 0 Å². The molecule has 166 valence electrons. The lowest BCUT2D eigenvalue weighted by molar-refractivity contribution is 0.00924. The van der Waals surface area contributed by atoms with Crippen LogP contribution in [0.15, 0.2) is 23.3 Å². The van der Waals surface area contributed by atoms with E-state index in [2.05, 4.69) is 26.0 Å². The van der Waals surface area contributed by atoms with Crippen molar-refractivity contribution in [2.45, 2.75) is 96.4 Å². The first-order chi connectivity index (χ1) is 14.4. The third-order valence-corrected chi connectivity index (χ3v) is 10.9. The molecule has 0 aromatic carbocycles. The summed E-state index contributed by atoms with van der Waals surface area (Å²) in [5.41, 5.74) is 3.66. The molecule has 3 nitrogen and oxygen atoms in total. The lowest BCUT2D eigenvalue weighted by Crippen LogP contribution is -2.42. The Balaban J connectivity index is 1.24. The van der Waals surface area contributed by atoms with Crippen molar-refractivity contribution < 1.29 is 15.3 Å². The van der Waals surface area contributed by atoms with Crippen molar-refractivity contribution in [2.75, 3.05) is 0 Å². The van der Waals surface area contributed by atoms with Gasteiger partial charge < -0.3 is 15.3 Å². The fraction of sp³-hybridized carbons (Fsp3) is 0.852. The van der Waals surface area contributed by atoms with Crippen LogP contribution in [0.5, 0.6) is 0 Å². The van der Waals surface area contributed by atoms with Gasteiger partial charge >= 0.3 is 0 Å². The predicted octanol–water partition coefficient (Wildman–Crippen LogP) is 4.61. The molecule has 3 N–H and O–H groups in total. The van der Waals surface area contributed by atoms with Crippen molar-refractivity contribution in [1.82, 2.24) is 0 Å². The highest BCUT2D eigenvalue weighted by molar-refractivity contribution is 5.43. The Morgan fingerprint density at radius 1 is 1.00 bits per heavy atom. The maximum Gasteiger partial charge on any atom is 0.0777 e. The third kappa shape index (κ3) is 2.67. The highest BCUT2D eigenvalue weighted by Crippen LogP contribution is 2.82. The van der Waals surface area contributed by atoms with Gasteiger partial charge in [-0.25, -0.2) is 0 Å². The molecule has 0 heterocycles. The van der Waals surface area contributed by atoms with Crippen LogP contribution >= 0.6 is 0 Å². The molecule has 4 saturated carbocycles. The molecule has 4 unspecified atom stereocenters. The van der Waals surface area contributed by atoms with Crippen LogP contribution in [0.4, 0.5) is 0 Å². The molecule has 0 saturated heterocycles. The lowest BCUT2D eigenvalue weighted by Gasteiger charge is -2.49. The van der Waals surface area contributed by atoms with Crippen molar-refractivity contribution in [3.63, 3.8) is 0 Å². The molecule has 10 atom stereocenters. The summed E-state index contributed by atoms with van der Waals surface area (Å²) in [5, 5.41) is 31.2. The topological polar surface area (TPSA) is 60.7 Å². The van der Waals surface area contributed by atoms with Gasteiger partial charge in [0.15, 0.2) is 0 Å². The van der Waals surface area contributed by atoms with Gasteiger partial charge in [-0.05, 0) is 103 Å². The van der Waals surface area contributed by atoms with Crippen LogP contribution in [0, 0.1) is 46.3 Å². The highest BCUT2D eigenvalue weighted by Gasteiger charge is 2.75. The maximum absolute atomic E-state index is 10.5. The average Bonchev–Trinajstić information content (AvgIpc) is 3.56. The van der Waals surface area contributed by atoms with E-state index in [9.17, 15) is 15.3 Å². The summed E-state index contributed by atoms with van der Waals surface area (Å²) in [6, 6.07) is 0. The summed E-state index contributed by atoms with van der Waals surface area (Å²) >= 11 is 0. The van der Waals surface area contributed by atoms with Crippen LogP contribution in [-0.4, -0.2) is 33.6 Å². The number of hydrogen-bond donors (Lipinski definition) is 3. The van der Waals surface area contributed by atoms with Crippen LogP contribution in [0.3, 0.4) is 0 Å². The number of hydrogen-bond acceptors (Lipinski definition) is 3. The summed E-state index contributed by atoms with van der Waals surface area (Å²) in [4.78, 5) is 0. The van der Waals surface area contributed by atoms with Crippen molar-refractivity contribution >= 4 is 0 Å². The van der Waals surface area contributed by atoms with Gasteiger partial charge in [-0.15, -0.1) is 0 Å². The molecule has 1 spiro atoms. The summed E-state index contributed by atoms with van der Waals surface area (Å²) < 4.78 is 0. The van der Waals surface area contributed by atoms with Gasteiger partial charge in [0.25, 0.3) is 0 Å². The molecule has 6 aliphatic rings. The van der Waals surface area contributed by atoms with Crippen molar-refractivity contribution in [3.05, 3.63) is 23.3 Å². The van der Waals surface area contributed by atoms with E-state index in [1.54, 1.807) is 0 Å². The molecule has 0 aromatic rings. The van der Waals surface area contributed by atoms with Gasteiger partial charge in [0.2, 0.25) is 0 Å². The first-order valence-corrected chi connectivity index (χ1v) is 12.8. The fourth-order valence-electron chi connectivity index (χ4n) is 9.48. The SMILES string of the molecule is C[C@H](/C=C/[C@@H](O)C1CC1)C1CC[C@H]2C3(CCC[C@]12C)C1CC2=C(C[C@@H](O)C[C@@H]2O)C13. The van der Waals surface area contributed by atoms with Crippen LogP contribution in [0.25, 0.3) is 0 Å². The maximum atomic E-state index is 10.5. The van der Waals surface area contributed by atoms with E-state index in [-0.39, 0.29) is 18.3 Å². The standard InChI is InChI=1S/C27H40O3/c1-15(4-8-22(29)16-5-6-16)20-7-9-24-26(20,2)10-3-11-27(24)21-14-18-19(25(21)27)12-17(28)13-23(18)30/h4,8,15-17,20-25,28-30H,3,5-7,9-14H2,1-2H3/b8-4+/t15-,17-,20?,21?,22-,23+,24-,25?,26-,27?/m1/s1. The first kappa shape index (κ1) is 20.0. The lowest BCUT2D eigenvalue weighted by atomic mass is 9.56. The van der Waals surface area contributed by atoms with Crippen molar-refractivity contribution in [1.29, 1.82) is 0 Å². The molecule has 6 rings (SSSR count). The molecular formula is C27H40O3. The van der Waals surface area contributed by atoms with Crippen LogP contribution in [0.1, 0.15) is 78.1 Å². The quantitative estimate of drug-likeness (QED) is 0.591. The van der Waals surface area contributed by atoms with Gasteiger partial charge in [-0.1, -0.05) is 38.0 Å². The number of aliphatic hydroxyl groups is 3. The van der Waals surface area contributed by atoms with E-state index in [4.69, 9.17) is 0 Å². The predicted molar refractivity (Wildman–Crippen MR) is 118 cm³/mol. The Bertz CT molecular complexity index is 781. The second-order valence-corrected chi connectivity index (χ2v) is 12.2. The molecule has 0 aromatic heterocycles. The monoisotopic (exact) mass is 412 g/mol. The first-order valence-electron chi connectivity index (χ1n) is 12.8. The fourth-order valence-corrected chi connectivity index (χ4v) is 9.48. The Kier molecular flexibility index (Phi) is 4.46. The Morgan fingerprint density at radius 3 is 2.57 bits per heavy atom. The second kappa shape index (κ2) is 6.68. The number of aliphatic hydroxyl groups excluding tert-OH is 3. The molecular weight excluding hydrogens is 372 g/mol. The van der Waals surface area contributed by atoms with E-state index in [1.165, 1.54) is 56.1 Å². The zero-order valence-electron chi connectivity index (χ0n) is 18.8. The Hall–Kier alpha value is -0.640. The molecule has 3 heteroatoms. The molecule has 0 bridgehead atoms. The Morgan fingerprint density at radius 2 is 1.80 bits per heavy atom. The minimum Gasteiger partial charge on any atom is -0.393 e. The summed E-state index contributed by atoms with van der Waals surface area (Å²) in [7, 11) is 0. The molecule has 0 aliphatic heterocycles. The zero-order valence-corrected chi connectivity index (χ0v) is 18.8. The van der Waals surface area contributed by atoms with Gasteiger partial charge in [0, 0.05) is 6.42 Å². The van der Waals surface area contributed by atoms with Gasteiger partial charge in [-0.2, -0.15) is 0 Å². The number of allylic oxidation sites excluding steroid dienone is 1. The summed E-state index contributed by atoms with van der Waals surface area (Å²) in [6.07, 6.45) is 15.1. The molecule has 6 aliphatic carbocycles. The van der Waals surface area contributed by atoms with Crippen molar-refractivity contribution in [3.8, 4) is 0 Å². The second-order valence-electron chi connectivity index (χ2n) is 12.2. The molecule has 0 radical (unpaired) electrons. The molecule has 30 heavy (non-hydrogen) atoms. The normalized spacial score (nSPS) is 51.8. The third-order valence-electron chi connectivity index (χ3n) is 10.9. The summed E-state index contributed by atoms with van der Waals surface area (Å²) in [6.45, 7) is 4.98. The summed E-state index contributed by atoms with van der Waals surface area (Å²) in [5.74, 6) is 3.98. The molecule has 4 fully saturated rings. The number of fused-ring (bicyclic) bond motifs is 6. The van der Waals surface area contributed by atoms with Gasteiger partial charge in [0.1, 0.15) is 0 Å².